The average Bonchev–Trinajstić information content (AvgIpc) is 2.25. The second-order valence-corrected chi connectivity index (χ2v) is 4.42. The molecule has 0 bridgehead atoms. The van der Waals surface area contributed by atoms with Crippen LogP contribution in [0.1, 0.15) is 32.3 Å². The van der Waals surface area contributed by atoms with Crippen molar-refractivity contribution >= 4 is 11.7 Å². The molecule has 1 aromatic rings. The lowest BCUT2D eigenvalue weighted by molar-refractivity contribution is -0.131. The summed E-state index contributed by atoms with van der Waals surface area (Å²) in [4.78, 5) is 10.5. The van der Waals surface area contributed by atoms with Crippen LogP contribution in [-0.4, -0.2) is 17.6 Å². The largest absolute Gasteiger partial charge is 0.478 e. The molecule has 0 amide bonds. The van der Waals surface area contributed by atoms with Gasteiger partial charge < -0.3 is 10.4 Å². The molecule has 1 aromatic carbocycles. The van der Waals surface area contributed by atoms with Crippen LogP contribution in [-0.2, 0) is 4.79 Å². The lowest BCUT2D eigenvalue weighted by Crippen LogP contribution is -2.07. The number of rotatable bonds is 5. The summed E-state index contributed by atoms with van der Waals surface area (Å²) in [5, 5.41) is 11.9. The van der Waals surface area contributed by atoms with E-state index in [-0.39, 0.29) is 0 Å². The molecular formula is C14H19NO2. The van der Waals surface area contributed by atoms with Gasteiger partial charge in [-0.15, -0.1) is 0 Å². The van der Waals surface area contributed by atoms with Crippen LogP contribution in [0.2, 0.25) is 0 Å². The molecule has 0 radical (unpaired) electrons. The molecule has 1 rings (SSSR count). The molecular weight excluding hydrogens is 214 g/mol. The summed E-state index contributed by atoms with van der Waals surface area (Å²) in [7, 11) is 0. The molecule has 0 aliphatic rings. The number of anilines is 1. The summed E-state index contributed by atoms with van der Waals surface area (Å²) in [6, 6.07) is 8.09. The predicted octanol–water partition coefficient (Wildman–Crippen LogP) is 3.25. The highest BCUT2D eigenvalue weighted by atomic mass is 16.4. The third kappa shape index (κ3) is 4.31. The standard InChI is InChI=1S/C14H19NO2/c1-10(2)12-6-4-5-7-13(12)15-9-11(3)8-14(16)17/h4-8,10,15H,9H2,1-3H3,(H,16,17)/b11-8+. The minimum atomic E-state index is -0.901. The third-order valence-electron chi connectivity index (χ3n) is 2.51. The zero-order chi connectivity index (χ0) is 12.8. The minimum absolute atomic E-state index is 0.447. The lowest BCUT2D eigenvalue weighted by atomic mass is 10.0. The van der Waals surface area contributed by atoms with Crippen LogP contribution in [0.4, 0.5) is 5.69 Å². The molecule has 0 heterocycles. The minimum Gasteiger partial charge on any atom is -0.478 e. The van der Waals surface area contributed by atoms with Gasteiger partial charge in [-0.25, -0.2) is 4.79 Å². The van der Waals surface area contributed by atoms with Crippen molar-refractivity contribution in [1.29, 1.82) is 0 Å². The molecule has 0 aliphatic carbocycles. The number of hydrogen-bond acceptors (Lipinski definition) is 2. The normalized spacial score (nSPS) is 11.6. The van der Waals surface area contributed by atoms with E-state index in [1.165, 1.54) is 11.6 Å². The molecule has 3 nitrogen and oxygen atoms in total. The molecule has 0 spiro atoms. The van der Waals surface area contributed by atoms with Gasteiger partial charge in [0.15, 0.2) is 0 Å². The Bertz CT molecular complexity index is 422. The van der Waals surface area contributed by atoms with E-state index in [1.54, 1.807) is 6.92 Å². The number of nitrogens with one attached hydrogen (secondary N) is 1. The van der Waals surface area contributed by atoms with Gasteiger partial charge in [0.05, 0.1) is 0 Å². The van der Waals surface area contributed by atoms with Crippen LogP contribution >= 0.6 is 0 Å². The van der Waals surface area contributed by atoms with Crippen LogP contribution in [0.5, 0.6) is 0 Å². The molecule has 0 unspecified atom stereocenters. The van der Waals surface area contributed by atoms with Crippen molar-refractivity contribution in [3.8, 4) is 0 Å². The van der Waals surface area contributed by atoms with E-state index in [2.05, 4.69) is 25.2 Å². The summed E-state index contributed by atoms with van der Waals surface area (Å²) in [5.74, 6) is -0.455. The number of carboxylic acids is 1. The fourth-order valence-corrected chi connectivity index (χ4v) is 1.66. The van der Waals surface area contributed by atoms with Crippen LogP contribution in [0.3, 0.4) is 0 Å². The quantitative estimate of drug-likeness (QED) is 0.767. The zero-order valence-corrected chi connectivity index (χ0v) is 10.5. The van der Waals surface area contributed by atoms with E-state index < -0.39 is 5.97 Å². The summed E-state index contributed by atoms with van der Waals surface area (Å²) < 4.78 is 0. The highest BCUT2D eigenvalue weighted by molar-refractivity contribution is 5.80. The Morgan fingerprint density at radius 3 is 2.65 bits per heavy atom. The van der Waals surface area contributed by atoms with E-state index in [1.807, 2.05) is 18.2 Å². The third-order valence-corrected chi connectivity index (χ3v) is 2.51. The van der Waals surface area contributed by atoms with Gasteiger partial charge >= 0.3 is 5.97 Å². The van der Waals surface area contributed by atoms with Crippen LogP contribution in [0.15, 0.2) is 35.9 Å². The van der Waals surface area contributed by atoms with Crippen molar-refractivity contribution in [2.75, 3.05) is 11.9 Å². The van der Waals surface area contributed by atoms with Gasteiger partial charge in [-0.05, 0) is 30.0 Å². The van der Waals surface area contributed by atoms with Crippen molar-refractivity contribution in [1.82, 2.24) is 0 Å². The Labute approximate surface area is 102 Å². The first kappa shape index (κ1) is 13.3. The Balaban J connectivity index is 2.73. The molecule has 0 aromatic heterocycles. The lowest BCUT2D eigenvalue weighted by Gasteiger charge is -2.14. The highest BCUT2D eigenvalue weighted by Crippen LogP contribution is 2.23. The summed E-state index contributed by atoms with van der Waals surface area (Å²) in [5.41, 5.74) is 3.12. The summed E-state index contributed by atoms with van der Waals surface area (Å²) in [6.45, 7) is 6.63. The van der Waals surface area contributed by atoms with E-state index in [0.29, 0.717) is 12.5 Å². The van der Waals surface area contributed by atoms with Gasteiger partial charge in [-0.1, -0.05) is 32.0 Å². The first-order valence-corrected chi connectivity index (χ1v) is 5.73. The molecule has 0 fully saturated rings. The topological polar surface area (TPSA) is 49.3 Å². The van der Waals surface area contributed by atoms with E-state index in [4.69, 9.17) is 5.11 Å². The zero-order valence-electron chi connectivity index (χ0n) is 10.5. The predicted molar refractivity (Wildman–Crippen MR) is 70.4 cm³/mol. The number of carboxylic acid groups (broad SMARTS) is 1. The van der Waals surface area contributed by atoms with Gasteiger partial charge in [-0.3, -0.25) is 0 Å². The fourth-order valence-electron chi connectivity index (χ4n) is 1.66. The number of para-hydroxylation sites is 1. The van der Waals surface area contributed by atoms with Crippen molar-refractivity contribution in [3.05, 3.63) is 41.5 Å². The maximum atomic E-state index is 10.5. The van der Waals surface area contributed by atoms with Crippen molar-refractivity contribution in [2.24, 2.45) is 0 Å². The number of aliphatic carboxylic acids is 1. The van der Waals surface area contributed by atoms with Gasteiger partial charge in [-0.2, -0.15) is 0 Å². The first-order chi connectivity index (χ1) is 8.00. The van der Waals surface area contributed by atoms with E-state index >= 15 is 0 Å². The van der Waals surface area contributed by atoms with E-state index in [9.17, 15) is 4.79 Å². The molecule has 0 aliphatic heterocycles. The van der Waals surface area contributed by atoms with Crippen molar-refractivity contribution < 1.29 is 9.90 Å². The van der Waals surface area contributed by atoms with Crippen LogP contribution in [0, 0.1) is 0 Å². The van der Waals surface area contributed by atoms with Crippen LogP contribution in [0.25, 0.3) is 0 Å². The Morgan fingerprint density at radius 2 is 2.06 bits per heavy atom. The second-order valence-electron chi connectivity index (χ2n) is 4.42. The van der Waals surface area contributed by atoms with Crippen molar-refractivity contribution in [3.63, 3.8) is 0 Å². The summed E-state index contributed by atoms with van der Waals surface area (Å²) >= 11 is 0. The van der Waals surface area contributed by atoms with E-state index in [0.717, 1.165) is 11.3 Å². The monoisotopic (exact) mass is 233 g/mol. The number of hydrogen-bond donors (Lipinski definition) is 2. The SMILES string of the molecule is C/C(=C\C(=O)O)CNc1ccccc1C(C)C. The number of carbonyl (C=O) groups is 1. The summed E-state index contributed by atoms with van der Waals surface area (Å²) in [6.07, 6.45) is 1.23. The average molecular weight is 233 g/mol. The number of benzene rings is 1. The Kier molecular flexibility index (Phi) is 4.76. The molecule has 0 atom stereocenters. The fraction of sp³-hybridized carbons (Fsp3) is 0.357. The Morgan fingerprint density at radius 1 is 1.41 bits per heavy atom. The Hall–Kier alpha value is -1.77. The highest BCUT2D eigenvalue weighted by Gasteiger charge is 2.05. The maximum absolute atomic E-state index is 10.5. The molecule has 2 N–H and O–H groups in total. The molecule has 3 heteroatoms. The molecule has 17 heavy (non-hydrogen) atoms. The van der Waals surface area contributed by atoms with Gasteiger partial charge in [0.1, 0.15) is 0 Å². The second kappa shape index (κ2) is 6.09. The molecule has 92 valence electrons. The smallest absolute Gasteiger partial charge is 0.328 e. The maximum Gasteiger partial charge on any atom is 0.328 e. The first-order valence-electron chi connectivity index (χ1n) is 5.73. The van der Waals surface area contributed by atoms with Gasteiger partial charge in [0, 0.05) is 18.3 Å². The van der Waals surface area contributed by atoms with Crippen molar-refractivity contribution in [2.45, 2.75) is 26.7 Å². The molecule has 0 saturated heterocycles. The van der Waals surface area contributed by atoms with Gasteiger partial charge in [0.25, 0.3) is 0 Å². The van der Waals surface area contributed by atoms with Gasteiger partial charge in [0.2, 0.25) is 0 Å². The van der Waals surface area contributed by atoms with Crippen LogP contribution < -0.4 is 5.32 Å². The molecule has 0 saturated carbocycles.